The third-order valence-corrected chi connectivity index (χ3v) is 5.78. The third-order valence-electron chi connectivity index (χ3n) is 5.26. The van der Waals surface area contributed by atoms with Crippen molar-refractivity contribution in [2.45, 2.75) is 46.6 Å². The van der Waals surface area contributed by atoms with Crippen molar-refractivity contribution in [2.24, 2.45) is 0 Å². The molecule has 0 aliphatic rings. The van der Waals surface area contributed by atoms with Crippen molar-refractivity contribution in [3.05, 3.63) is 52.4 Å². The summed E-state index contributed by atoms with van der Waals surface area (Å²) in [7, 11) is 0. The molecule has 0 amide bonds. The summed E-state index contributed by atoms with van der Waals surface area (Å²) in [6, 6.07) is 11.0. The summed E-state index contributed by atoms with van der Waals surface area (Å²) in [6.07, 6.45) is 4.39. The van der Waals surface area contributed by atoms with Crippen LogP contribution in [-0.2, 0) is 0 Å². The van der Waals surface area contributed by atoms with Crippen LogP contribution < -0.4 is 0 Å². The second kappa shape index (κ2) is 6.54. The Morgan fingerprint density at radius 3 is 2.35 bits per heavy atom. The van der Waals surface area contributed by atoms with E-state index in [1.54, 1.807) is 0 Å². The first-order valence-electron chi connectivity index (χ1n) is 9.17. The predicted molar refractivity (Wildman–Crippen MR) is 111 cm³/mol. The lowest BCUT2D eigenvalue weighted by molar-refractivity contribution is 0.480. The number of hydrogen-bond acceptors (Lipinski definition) is 2. The number of aryl methyl sites for hydroxylation is 2. The minimum Gasteiger partial charge on any atom is -0.329 e. The Bertz CT molecular complexity index is 1090. The van der Waals surface area contributed by atoms with E-state index >= 15 is 0 Å². The Morgan fingerprint density at radius 2 is 1.69 bits per heavy atom. The van der Waals surface area contributed by atoms with Gasteiger partial charge in [0.05, 0.1) is 11.4 Å². The van der Waals surface area contributed by atoms with E-state index in [-0.39, 0.29) is 0 Å². The first kappa shape index (κ1) is 17.3. The molecule has 0 saturated heterocycles. The molecule has 0 aliphatic heterocycles. The molecule has 0 saturated carbocycles. The maximum atomic E-state index is 4.92. The minimum absolute atomic E-state index is 0.470. The molecular formula is C21H23BrN4. The fourth-order valence-electron chi connectivity index (χ4n) is 3.86. The van der Waals surface area contributed by atoms with Gasteiger partial charge in [0.25, 0.3) is 0 Å². The van der Waals surface area contributed by atoms with Crippen molar-refractivity contribution in [1.82, 2.24) is 19.2 Å². The van der Waals surface area contributed by atoms with Crippen LogP contribution in [0.5, 0.6) is 0 Å². The SMILES string of the molecule is CCC(CC)n1ccc2c(C)nc3c(-c4ccc(Br)cc4)c(C)nn3c21. The number of rotatable bonds is 4. The van der Waals surface area contributed by atoms with Gasteiger partial charge in [-0.2, -0.15) is 9.61 Å². The van der Waals surface area contributed by atoms with Gasteiger partial charge in [0, 0.05) is 27.7 Å². The van der Waals surface area contributed by atoms with E-state index in [4.69, 9.17) is 10.1 Å². The highest BCUT2D eigenvalue weighted by atomic mass is 79.9. The van der Waals surface area contributed by atoms with Gasteiger partial charge in [-0.15, -0.1) is 0 Å². The number of nitrogens with zero attached hydrogens (tertiary/aromatic N) is 4. The van der Waals surface area contributed by atoms with Crippen LogP contribution in [0.3, 0.4) is 0 Å². The van der Waals surface area contributed by atoms with Gasteiger partial charge in [0.15, 0.2) is 5.65 Å². The molecule has 4 rings (SSSR count). The topological polar surface area (TPSA) is 35.1 Å². The first-order valence-corrected chi connectivity index (χ1v) is 9.96. The predicted octanol–water partition coefficient (Wildman–Crippen LogP) is 6.09. The van der Waals surface area contributed by atoms with Crippen LogP contribution in [-0.4, -0.2) is 19.2 Å². The molecule has 4 nitrogen and oxygen atoms in total. The highest BCUT2D eigenvalue weighted by molar-refractivity contribution is 9.10. The van der Waals surface area contributed by atoms with Gasteiger partial charge in [0.1, 0.15) is 5.65 Å². The summed E-state index contributed by atoms with van der Waals surface area (Å²) in [4.78, 5) is 4.92. The normalized spacial score (nSPS) is 11.9. The van der Waals surface area contributed by atoms with E-state index in [9.17, 15) is 0 Å². The Balaban J connectivity index is 2.07. The van der Waals surface area contributed by atoms with Crippen LogP contribution in [0.1, 0.15) is 44.1 Å². The molecule has 4 aromatic rings. The van der Waals surface area contributed by atoms with E-state index in [2.05, 4.69) is 84.7 Å². The average molecular weight is 411 g/mol. The van der Waals surface area contributed by atoms with Crippen molar-refractivity contribution < 1.29 is 0 Å². The Morgan fingerprint density at radius 1 is 1.00 bits per heavy atom. The lowest BCUT2D eigenvalue weighted by Gasteiger charge is -2.17. The summed E-state index contributed by atoms with van der Waals surface area (Å²) < 4.78 is 5.48. The van der Waals surface area contributed by atoms with Crippen LogP contribution in [0.25, 0.3) is 27.8 Å². The zero-order valence-corrected chi connectivity index (χ0v) is 17.2. The van der Waals surface area contributed by atoms with Gasteiger partial charge in [-0.05, 0) is 50.5 Å². The molecule has 1 aromatic carbocycles. The fourth-order valence-corrected chi connectivity index (χ4v) is 4.13. The van der Waals surface area contributed by atoms with Crippen molar-refractivity contribution in [3.63, 3.8) is 0 Å². The summed E-state index contributed by atoms with van der Waals surface area (Å²) in [6.45, 7) is 8.64. The zero-order chi connectivity index (χ0) is 18.4. The Hall–Kier alpha value is -2.14. The van der Waals surface area contributed by atoms with E-state index in [0.717, 1.165) is 51.1 Å². The van der Waals surface area contributed by atoms with Crippen LogP contribution >= 0.6 is 15.9 Å². The number of hydrogen-bond donors (Lipinski definition) is 0. The molecule has 0 fully saturated rings. The number of aromatic nitrogens is 4. The Kier molecular flexibility index (Phi) is 4.35. The van der Waals surface area contributed by atoms with Crippen LogP contribution in [0, 0.1) is 13.8 Å². The maximum absolute atomic E-state index is 4.92. The second-order valence-corrected chi connectivity index (χ2v) is 7.75. The summed E-state index contributed by atoms with van der Waals surface area (Å²) >= 11 is 3.52. The summed E-state index contributed by atoms with van der Waals surface area (Å²) in [5, 5.41) is 6.06. The molecule has 0 aliphatic carbocycles. The van der Waals surface area contributed by atoms with E-state index in [1.165, 1.54) is 5.39 Å². The van der Waals surface area contributed by atoms with Crippen LogP contribution in [0.4, 0.5) is 0 Å². The van der Waals surface area contributed by atoms with Gasteiger partial charge in [0.2, 0.25) is 0 Å². The molecule has 0 bridgehead atoms. The number of halogens is 1. The highest BCUT2D eigenvalue weighted by Crippen LogP contribution is 2.32. The standard InChI is InChI=1S/C21H23BrN4/c1-5-17(6-2)25-12-11-18-13(3)23-20-19(14(4)24-26(20)21(18)25)15-7-9-16(22)10-8-15/h7-12,17H,5-6H2,1-4H3. The fraction of sp³-hybridized carbons (Fsp3) is 0.333. The smallest absolute Gasteiger partial charge is 0.165 e. The highest BCUT2D eigenvalue weighted by Gasteiger charge is 2.20. The molecule has 3 heterocycles. The molecule has 0 radical (unpaired) electrons. The molecule has 5 heteroatoms. The van der Waals surface area contributed by atoms with Crippen molar-refractivity contribution >= 4 is 32.6 Å². The Labute approximate surface area is 162 Å². The molecule has 3 aromatic heterocycles. The van der Waals surface area contributed by atoms with Gasteiger partial charge in [-0.1, -0.05) is 41.9 Å². The maximum Gasteiger partial charge on any atom is 0.165 e. The molecule has 0 spiro atoms. The molecule has 26 heavy (non-hydrogen) atoms. The van der Waals surface area contributed by atoms with E-state index in [1.807, 2.05) is 4.52 Å². The van der Waals surface area contributed by atoms with E-state index in [0.29, 0.717) is 6.04 Å². The first-order chi connectivity index (χ1) is 12.5. The molecule has 0 atom stereocenters. The molecule has 0 N–H and O–H groups in total. The monoisotopic (exact) mass is 410 g/mol. The molecule has 0 unspecified atom stereocenters. The lowest BCUT2D eigenvalue weighted by Crippen LogP contribution is -2.09. The van der Waals surface area contributed by atoms with Gasteiger partial charge in [-0.25, -0.2) is 4.98 Å². The minimum atomic E-state index is 0.470. The average Bonchev–Trinajstić information content (AvgIpc) is 3.19. The van der Waals surface area contributed by atoms with Crippen molar-refractivity contribution in [1.29, 1.82) is 0 Å². The largest absolute Gasteiger partial charge is 0.329 e. The van der Waals surface area contributed by atoms with Gasteiger partial charge in [-0.3, -0.25) is 0 Å². The van der Waals surface area contributed by atoms with Crippen LogP contribution in [0.2, 0.25) is 0 Å². The van der Waals surface area contributed by atoms with Gasteiger partial charge < -0.3 is 4.57 Å². The van der Waals surface area contributed by atoms with E-state index < -0.39 is 0 Å². The van der Waals surface area contributed by atoms with Gasteiger partial charge >= 0.3 is 0 Å². The summed E-state index contributed by atoms with van der Waals surface area (Å²) in [5.74, 6) is 0. The zero-order valence-electron chi connectivity index (χ0n) is 15.6. The molecular weight excluding hydrogens is 388 g/mol. The van der Waals surface area contributed by atoms with Crippen molar-refractivity contribution in [3.8, 4) is 11.1 Å². The second-order valence-electron chi connectivity index (χ2n) is 6.83. The third kappa shape index (κ3) is 2.57. The molecule has 134 valence electrons. The number of benzene rings is 1. The van der Waals surface area contributed by atoms with Crippen molar-refractivity contribution in [2.75, 3.05) is 0 Å². The number of fused-ring (bicyclic) bond motifs is 3. The lowest BCUT2D eigenvalue weighted by atomic mass is 10.1. The van der Waals surface area contributed by atoms with Crippen LogP contribution in [0.15, 0.2) is 41.0 Å². The summed E-state index contributed by atoms with van der Waals surface area (Å²) in [5.41, 5.74) is 6.39. The quantitative estimate of drug-likeness (QED) is 0.407.